The normalized spacial score (nSPS) is 9.86. The van der Waals surface area contributed by atoms with Crippen LogP contribution in [0.5, 0.6) is 0 Å². The quantitative estimate of drug-likeness (QED) is 0.597. The molecular weight excluding hydrogens is 269 g/mol. The number of rotatable bonds is 7. The molecule has 0 aliphatic heterocycles. The smallest absolute Gasteiger partial charge is 0.224 e. The van der Waals surface area contributed by atoms with Crippen LogP contribution >= 0.6 is 0 Å². The van der Waals surface area contributed by atoms with E-state index < -0.39 is 5.82 Å². The van der Waals surface area contributed by atoms with Gasteiger partial charge in [-0.1, -0.05) is 38.0 Å². The molecule has 0 aliphatic carbocycles. The van der Waals surface area contributed by atoms with Crippen molar-refractivity contribution in [3.05, 3.63) is 29.6 Å². The van der Waals surface area contributed by atoms with Gasteiger partial charge in [0.25, 0.3) is 0 Å². The first-order valence-electron chi connectivity index (χ1n) is 7.36. The summed E-state index contributed by atoms with van der Waals surface area (Å²) in [5, 5.41) is 11.2. The Morgan fingerprint density at radius 2 is 2.14 bits per heavy atom. The standard InChI is InChI=1S/C17H22FNO2/c1-2-3-4-5-9-17(21)19-16-11-10-14(13-15(16)18)8-6-7-12-20/h10-11,13,20H,2-5,7,9,12H2,1H3,(H,19,21). The SMILES string of the molecule is CCCCCCC(=O)Nc1ccc(C#CCCO)cc1F. The third-order valence-corrected chi connectivity index (χ3v) is 2.97. The average molecular weight is 291 g/mol. The zero-order valence-corrected chi connectivity index (χ0v) is 12.4. The Labute approximate surface area is 125 Å². The fourth-order valence-corrected chi connectivity index (χ4v) is 1.84. The number of carbonyl (C=O) groups excluding carboxylic acids is 1. The van der Waals surface area contributed by atoms with Crippen LogP contribution in [0.25, 0.3) is 0 Å². The molecular formula is C17H22FNO2. The van der Waals surface area contributed by atoms with Crippen molar-refractivity contribution in [1.29, 1.82) is 0 Å². The number of aliphatic hydroxyl groups excluding tert-OH is 1. The number of aliphatic hydroxyl groups is 1. The van der Waals surface area contributed by atoms with Gasteiger partial charge in [0.05, 0.1) is 12.3 Å². The summed E-state index contributed by atoms with van der Waals surface area (Å²) in [6.45, 7) is 2.10. The molecule has 0 atom stereocenters. The van der Waals surface area contributed by atoms with Crippen LogP contribution in [0.15, 0.2) is 18.2 Å². The molecule has 0 radical (unpaired) electrons. The Kier molecular flexibility index (Phi) is 8.15. The van der Waals surface area contributed by atoms with Crippen LogP contribution in [0.1, 0.15) is 51.0 Å². The number of benzene rings is 1. The van der Waals surface area contributed by atoms with Crippen LogP contribution in [0, 0.1) is 17.7 Å². The molecule has 1 aromatic rings. The molecule has 0 saturated carbocycles. The Morgan fingerprint density at radius 1 is 1.33 bits per heavy atom. The van der Waals surface area contributed by atoms with Crippen molar-refractivity contribution in [2.24, 2.45) is 0 Å². The zero-order valence-electron chi connectivity index (χ0n) is 12.4. The lowest BCUT2D eigenvalue weighted by molar-refractivity contribution is -0.116. The van der Waals surface area contributed by atoms with Crippen LogP contribution in [-0.2, 0) is 4.79 Å². The Bertz CT molecular complexity index is 517. The maximum atomic E-state index is 13.8. The lowest BCUT2D eigenvalue weighted by atomic mass is 10.1. The lowest BCUT2D eigenvalue weighted by Gasteiger charge is -2.06. The summed E-state index contributed by atoms with van der Waals surface area (Å²) in [7, 11) is 0. The van der Waals surface area contributed by atoms with Gasteiger partial charge in [0.15, 0.2) is 0 Å². The van der Waals surface area contributed by atoms with E-state index in [1.165, 1.54) is 12.1 Å². The van der Waals surface area contributed by atoms with E-state index >= 15 is 0 Å². The number of halogens is 1. The first kappa shape index (κ1) is 17.2. The zero-order chi connectivity index (χ0) is 15.5. The predicted octanol–water partition coefficient (Wildman–Crippen LogP) is 3.47. The van der Waals surface area contributed by atoms with E-state index in [9.17, 15) is 9.18 Å². The van der Waals surface area contributed by atoms with Crippen molar-refractivity contribution in [3.63, 3.8) is 0 Å². The van der Waals surface area contributed by atoms with Crippen LogP contribution < -0.4 is 5.32 Å². The highest BCUT2D eigenvalue weighted by Gasteiger charge is 2.07. The summed E-state index contributed by atoms with van der Waals surface area (Å²) in [4.78, 5) is 11.7. The molecule has 2 N–H and O–H groups in total. The summed E-state index contributed by atoms with van der Waals surface area (Å²) in [5.74, 6) is 4.82. The number of anilines is 1. The molecule has 21 heavy (non-hydrogen) atoms. The van der Waals surface area contributed by atoms with Crippen molar-refractivity contribution < 1.29 is 14.3 Å². The molecule has 0 heterocycles. The van der Waals surface area contributed by atoms with Crippen LogP contribution in [0.3, 0.4) is 0 Å². The second-order valence-corrected chi connectivity index (χ2v) is 4.83. The summed E-state index contributed by atoms with van der Waals surface area (Å²) < 4.78 is 13.8. The molecule has 4 heteroatoms. The van der Waals surface area contributed by atoms with Crippen LogP contribution in [-0.4, -0.2) is 17.6 Å². The molecule has 1 rings (SSSR count). The third kappa shape index (κ3) is 6.92. The third-order valence-electron chi connectivity index (χ3n) is 2.97. The Morgan fingerprint density at radius 3 is 2.81 bits per heavy atom. The Hall–Kier alpha value is -1.86. The number of nitrogens with one attached hydrogen (secondary N) is 1. The molecule has 0 aliphatic rings. The van der Waals surface area contributed by atoms with Gasteiger partial charge in [-0.05, 0) is 24.6 Å². The van der Waals surface area contributed by atoms with Gasteiger partial charge in [0, 0.05) is 18.4 Å². The molecule has 1 aromatic carbocycles. The largest absolute Gasteiger partial charge is 0.395 e. The molecule has 1 amide bonds. The minimum Gasteiger partial charge on any atom is -0.395 e. The highest BCUT2D eigenvalue weighted by Crippen LogP contribution is 2.16. The predicted molar refractivity (Wildman–Crippen MR) is 82.4 cm³/mol. The van der Waals surface area contributed by atoms with Gasteiger partial charge in [-0.15, -0.1) is 0 Å². The molecule has 0 aromatic heterocycles. The second kappa shape index (κ2) is 9.95. The Balaban J connectivity index is 2.52. The van der Waals surface area contributed by atoms with Crippen LogP contribution in [0.2, 0.25) is 0 Å². The minimum atomic E-state index is -0.493. The fraction of sp³-hybridized carbons (Fsp3) is 0.471. The van der Waals surface area contributed by atoms with Crippen molar-refractivity contribution in [2.75, 3.05) is 11.9 Å². The van der Waals surface area contributed by atoms with Crippen molar-refractivity contribution in [2.45, 2.75) is 45.4 Å². The molecule has 0 fully saturated rings. The highest BCUT2D eigenvalue weighted by atomic mass is 19.1. The number of hydrogen-bond donors (Lipinski definition) is 2. The fourth-order valence-electron chi connectivity index (χ4n) is 1.84. The van der Waals surface area contributed by atoms with Gasteiger partial charge < -0.3 is 10.4 Å². The molecule has 3 nitrogen and oxygen atoms in total. The maximum Gasteiger partial charge on any atom is 0.224 e. The highest BCUT2D eigenvalue weighted by molar-refractivity contribution is 5.90. The number of amides is 1. The van der Waals surface area contributed by atoms with E-state index in [4.69, 9.17) is 5.11 Å². The van der Waals surface area contributed by atoms with Gasteiger partial charge in [0.1, 0.15) is 5.82 Å². The lowest BCUT2D eigenvalue weighted by Crippen LogP contribution is -2.12. The molecule has 114 valence electrons. The number of carbonyl (C=O) groups is 1. The van der Waals surface area contributed by atoms with Crippen molar-refractivity contribution in [1.82, 2.24) is 0 Å². The number of unbranched alkanes of at least 4 members (excludes halogenated alkanes) is 3. The van der Waals surface area contributed by atoms with Gasteiger partial charge >= 0.3 is 0 Å². The average Bonchev–Trinajstić information content (AvgIpc) is 2.47. The topological polar surface area (TPSA) is 49.3 Å². The van der Waals surface area contributed by atoms with Gasteiger partial charge in [-0.3, -0.25) is 4.79 Å². The van der Waals surface area contributed by atoms with E-state index in [0.29, 0.717) is 18.4 Å². The van der Waals surface area contributed by atoms with Gasteiger partial charge in [-0.2, -0.15) is 0 Å². The van der Waals surface area contributed by atoms with E-state index in [0.717, 1.165) is 25.7 Å². The molecule has 0 unspecified atom stereocenters. The first-order valence-corrected chi connectivity index (χ1v) is 7.36. The van der Waals surface area contributed by atoms with E-state index in [1.54, 1.807) is 6.07 Å². The van der Waals surface area contributed by atoms with E-state index in [2.05, 4.69) is 24.1 Å². The van der Waals surface area contributed by atoms with Crippen molar-refractivity contribution >= 4 is 11.6 Å². The van der Waals surface area contributed by atoms with E-state index in [-0.39, 0.29) is 18.2 Å². The maximum absolute atomic E-state index is 13.8. The molecule has 0 bridgehead atoms. The van der Waals surface area contributed by atoms with E-state index in [1.807, 2.05) is 0 Å². The minimum absolute atomic E-state index is 0.0122. The summed E-state index contributed by atoms with van der Waals surface area (Å²) in [6.07, 6.45) is 4.85. The summed E-state index contributed by atoms with van der Waals surface area (Å²) in [6, 6.07) is 4.46. The second-order valence-electron chi connectivity index (χ2n) is 4.83. The number of hydrogen-bond acceptors (Lipinski definition) is 2. The monoisotopic (exact) mass is 291 g/mol. The van der Waals surface area contributed by atoms with Gasteiger partial charge in [-0.25, -0.2) is 4.39 Å². The molecule has 0 saturated heterocycles. The van der Waals surface area contributed by atoms with Gasteiger partial charge in [0.2, 0.25) is 5.91 Å². The summed E-state index contributed by atoms with van der Waals surface area (Å²) >= 11 is 0. The molecule has 0 spiro atoms. The van der Waals surface area contributed by atoms with Crippen LogP contribution in [0.4, 0.5) is 10.1 Å². The summed E-state index contributed by atoms with van der Waals surface area (Å²) in [5.41, 5.74) is 0.713. The first-order chi connectivity index (χ1) is 10.2. The van der Waals surface area contributed by atoms with Crippen molar-refractivity contribution in [3.8, 4) is 11.8 Å².